The number of hydrogen-bond acceptors (Lipinski definition) is 7. The monoisotopic (exact) mass is 439 g/mol. The van der Waals surface area contributed by atoms with Crippen molar-refractivity contribution in [1.29, 1.82) is 0 Å². The number of likely N-dealkylation sites (tertiary alicyclic amines) is 1. The third kappa shape index (κ3) is 4.31. The SMILES string of the molecule is NC1CC(Cc2cc3c(cn2)OCCO3)CCN1CCn1c(=O)ccc2ncc(F)cc21. The predicted octanol–water partition coefficient (Wildman–Crippen LogP) is 1.94. The highest BCUT2D eigenvalue weighted by atomic mass is 19.1. The molecule has 0 spiro atoms. The number of ether oxygens (including phenoxy) is 2. The first kappa shape index (κ1) is 20.8. The van der Waals surface area contributed by atoms with E-state index in [1.54, 1.807) is 16.8 Å². The molecular formula is C23H26FN5O3. The molecule has 0 aromatic carbocycles. The van der Waals surface area contributed by atoms with E-state index in [9.17, 15) is 9.18 Å². The van der Waals surface area contributed by atoms with Gasteiger partial charge in [0.2, 0.25) is 0 Å². The molecule has 5 rings (SSSR count). The van der Waals surface area contributed by atoms with Crippen molar-refractivity contribution >= 4 is 11.0 Å². The van der Waals surface area contributed by atoms with Gasteiger partial charge >= 0.3 is 0 Å². The maximum atomic E-state index is 13.7. The average Bonchev–Trinajstić information content (AvgIpc) is 2.79. The predicted molar refractivity (Wildman–Crippen MR) is 117 cm³/mol. The summed E-state index contributed by atoms with van der Waals surface area (Å²) < 4.78 is 26.5. The Hall–Kier alpha value is -3.04. The fourth-order valence-electron chi connectivity index (χ4n) is 4.58. The zero-order valence-corrected chi connectivity index (χ0v) is 17.7. The van der Waals surface area contributed by atoms with Crippen molar-refractivity contribution in [3.05, 3.63) is 58.5 Å². The van der Waals surface area contributed by atoms with Gasteiger partial charge in [0.1, 0.15) is 19.0 Å². The molecule has 1 saturated heterocycles. The van der Waals surface area contributed by atoms with E-state index in [-0.39, 0.29) is 11.7 Å². The number of aromatic nitrogens is 3. The minimum Gasteiger partial charge on any atom is -0.486 e. The van der Waals surface area contributed by atoms with E-state index >= 15 is 0 Å². The van der Waals surface area contributed by atoms with Crippen LogP contribution in [0.3, 0.4) is 0 Å². The molecule has 2 aliphatic heterocycles. The second-order valence-corrected chi connectivity index (χ2v) is 8.40. The van der Waals surface area contributed by atoms with Crippen molar-refractivity contribution in [2.45, 2.75) is 32.0 Å². The zero-order chi connectivity index (χ0) is 22.1. The number of nitrogens with two attached hydrogens (primary N) is 1. The molecule has 2 atom stereocenters. The molecule has 5 heterocycles. The number of hydrogen-bond donors (Lipinski definition) is 1. The van der Waals surface area contributed by atoms with Crippen molar-refractivity contribution in [3.63, 3.8) is 0 Å². The number of halogens is 1. The van der Waals surface area contributed by atoms with Crippen LogP contribution in [0.4, 0.5) is 4.39 Å². The summed E-state index contributed by atoms with van der Waals surface area (Å²) in [6, 6.07) is 6.42. The van der Waals surface area contributed by atoms with Crippen LogP contribution in [0.5, 0.6) is 11.5 Å². The summed E-state index contributed by atoms with van der Waals surface area (Å²) in [7, 11) is 0. The van der Waals surface area contributed by atoms with Gasteiger partial charge in [-0.2, -0.15) is 0 Å². The molecular weight excluding hydrogens is 413 g/mol. The quantitative estimate of drug-likeness (QED) is 0.649. The molecule has 3 aromatic heterocycles. The Labute approximate surface area is 184 Å². The van der Waals surface area contributed by atoms with Gasteiger partial charge < -0.3 is 19.8 Å². The first-order valence-electron chi connectivity index (χ1n) is 11.0. The summed E-state index contributed by atoms with van der Waals surface area (Å²) >= 11 is 0. The molecule has 0 aliphatic carbocycles. The fraction of sp³-hybridized carbons (Fsp3) is 0.435. The Morgan fingerprint density at radius 1 is 1.09 bits per heavy atom. The number of piperidine rings is 1. The number of fused-ring (bicyclic) bond motifs is 2. The molecule has 168 valence electrons. The van der Waals surface area contributed by atoms with Crippen LogP contribution in [0.1, 0.15) is 18.5 Å². The van der Waals surface area contributed by atoms with Crippen LogP contribution in [0.25, 0.3) is 11.0 Å². The smallest absolute Gasteiger partial charge is 0.251 e. The highest BCUT2D eigenvalue weighted by Gasteiger charge is 2.27. The van der Waals surface area contributed by atoms with E-state index in [0.29, 0.717) is 49.0 Å². The molecule has 0 bridgehead atoms. The Morgan fingerprint density at radius 2 is 1.94 bits per heavy atom. The Bertz CT molecular complexity index is 1180. The summed E-state index contributed by atoms with van der Waals surface area (Å²) in [6.45, 7) is 3.00. The standard InChI is InChI=1S/C23H26FN5O3/c24-16-11-19-18(27-13-16)1-2-23(30)29(19)6-5-28-4-3-15(10-22(28)25)9-17-12-20-21(14-26-17)32-8-7-31-20/h1-2,11-15,22H,3-10,25H2. The third-order valence-electron chi connectivity index (χ3n) is 6.27. The normalized spacial score (nSPS) is 21.1. The summed E-state index contributed by atoms with van der Waals surface area (Å²) in [4.78, 5) is 23.2. The molecule has 1 fully saturated rings. The molecule has 32 heavy (non-hydrogen) atoms. The lowest BCUT2D eigenvalue weighted by atomic mass is 9.90. The lowest BCUT2D eigenvalue weighted by Gasteiger charge is -2.37. The van der Waals surface area contributed by atoms with Crippen LogP contribution in [0.15, 0.2) is 41.5 Å². The van der Waals surface area contributed by atoms with Crippen LogP contribution in [-0.2, 0) is 13.0 Å². The van der Waals surface area contributed by atoms with E-state index in [4.69, 9.17) is 15.2 Å². The largest absolute Gasteiger partial charge is 0.486 e. The lowest BCUT2D eigenvalue weighted by molar-refractivity contribution is 0.111. The molecule has 2 N–H and O–H groups in total. The summed E-state index contributed by atoms with van der Waals surface area (Å²) in [5.41, 5.74) is 8.39. The van der Waals surface area contributed by atoms with Gasteiger partial charge in [0.05, 0.1) is 29.6 Å². The maximum Gasteiger partial charge on any atom is 0.251 e. The van der Waals surface area contributed by atoms with E-state index in [1.807, 2.05) is 6.07 Å². The topological polar surface area (TPSA) is 95.5 Å². The minimum absolute atomic E-state index is 0.105. The lowest BCUT2D eigenvalue weighted by Crippen LogP contribution is -2.49. The highest BCUT2D eigenvalue weighted by Crippen LogP contribution is 2.31. The Kier molecular flexibility index (Phi) is 5.75. The van der Waals surface area contributed by atoms with Crippen LogP contribution in [-0.4, -0.2) is 51.9 Å². The summed E-state index contributed by atoms with van der Waals surface area (Å²) in [5.74, 6) is 1.43. The van der Waals surface area contributed by atoms with Crippen molar-refractivity contribution in [3.8, 4) is 11.5 Å². The number of pyridine rings is 3. The molecule has 2 aliphatic rings. The first-order valence-corrected chi connectivity index (χ1v) is 11.0. The molecule has 9 heteroatoms. The molecule has 8 nitrogen and oxygen atoms in total. The maximum absolute atomic E-state index is 13.7. The van der Waals surface area contributed by atoms with E-state index < -0.39 is 5.82 Å². The first-order chi connectivity index (χ1) is 15.6. The van der Waals surface area contributed by atoms with Crippen molar-refractivity contribution in [2.75, 3.05) is 26.3 Å². The van der Waals surface area contributed by atoms with Gasteiger partial charge in [-0.25, -0.2) is 4.39 Å². The van der Waals surface area contributed by atoms with E-state index in [2.05, 4.69) is 14.9 Å². The van der Waals surface area contributed by atoms with Crippen LogP contribution in [0, 0.1) is 11.7 Å². The zero-order valence-electron chi connectivity index (χ0n) is 17.7. The third-order valence-corrected chi connectivity index (χ3v) is 6.27. The second kappa shape index (κ2) is 8.84. The molecule has 0 radical (unpaired) electrons. The second-order valence-electron chi connectivity index (χ2n) is 8.40. The highest BCUT2D eigenvalue weighted by molar-refractivity contribution is 5.74. The number of nitrogens with zero attached hydrogens (tertiary/aromatic N) is 4. The van der Waals surface area contributed by atoms with Crippen LogP contribution in [0.2, 0.25) is 0 Å². The fourth-order valence-corrected chi connectivity index (χ4v) is 4.58. The van der Waals surface area contributed by atoms with Crippen molar-refractivity contribution in [1.82, 2.24) is 19.4 Å². The Balaban J connectivity index is 1.21. The van der Waals surface area contributed by atoms with Gasteiger partial charge in [-0.3, -0.25) is 19.7 Å². The van der Waals surface area contributed by atoms with Gasteiger partial charge in [0.15, 0.2) is 11.5 Å². The van der Waals surface area contributed by atoms with Crippen LogP contribution >= 0.6 is 0 Å². The van der Waals surface area contributed by atoms with Gasteiger partial charge in [-0.15, -0.1) is 0 Å². The number of rotatable bonds is 5. The van der Waals surface area contributed by atoms with E-state index in [1.165, 1.54) is 12.1 Å². The molecule has 0 amide bonds. The van der Waals surface area contributed by atoms with Gasteiger partial charge in [0, 0.05) is 37.0 Å². The van der Waals surface area contributed by atoms with Crippen molar-refractivity contribution < 1.29 is 13.9 Å². The van der Waals surface area contributed by atoms with E-state index in [0.717, 1.165) is 43.4 Å². The molecule has 2 unspecified atom stereocenters. The summed E-state index contributed by atoms with van der Waals surface area (Å²) in [6.07, 6.45) is 5.46. The van der Waals surface area contributed by atoms with Crippen LogP contribution < -0.4 is 20.8 Å². The van der Waals surface area contributed by atoms with Gasteiger partial charge in [0.25, 0.3) is 5.56 Å². The molecule has 0 saturated carbocycles. The molecule has 3 aromatic rings. The average molecular weight is 439 g/mol. The van der Waals surface area contributed by atoms with Gasteiger partial charge in [-0.1, -0.05) is 0 Å². The van der Waals surface area contributed by atoms with Gasteiger partial charge in [-0.05, 0) is 37.8 Å². The summed E-state index contributed by atoms with van der Waals surface area (Å²) in [5, 5.41) is 0. The Morgan fingerprint density at radius 3 is 2.78 bits per heavy atom. The minimum atomic E-state index is -0.456. The van der Waals surface area contributed by atoms with Crippen molar-refractivity contribution in [2.24, 2.45) is 11.7 Å².